The number of carbonyl (C=O) groups is 1. The first kappa shape index (κ1) is 13.0. The Morgan fingerprint density at radius 1 is 1.32 bits per heavy atom. The van der Waals surface area contributed by atoms with Crippen LogP contribution in [0.4, 0.5) is 5.69 Å². The van der Waals surface area contributed by atoms with E-state index in [1.165, 1.54) is 5.56 Å². The van der Waals surface area contributed by atoms with Gasteiger partial charge in [-0.3, -0.25) is 4.79 Å². The second-order valence-corrected chi connectivity index (χ2v) is 5.61. The number of rotatable bonds is 2. The van der Waals surface area contributed by atoms with Crippen LogP contribution in [0.25, 0.3) is 11.0 Å². The SMILES string of the molecule is N[C@@H]1CCc2cc(C(=O)Nc3ccnc4[nH]ccc34)ccc21. The third kappa shape index (κ3) is 2.07. The van der Waals surface area contributed by atoms with Crippen LogP contribution in [0, 0.1) is 0 Å². The van der Waals surface area contributed by atoms with E-state index in [0.717, 1.165) is 35.1 Å². The Bertz CT molecular complexity index is 868. The monoisotopic (exact) mass is 292 g/mol. The van der Waals surface area contributed by atoms with Crippen molar-refractivity contribution in [2.75, 3.05) is 5.32 Å². The largest absolute Gasteiger partial charge is 0.346 e. The van der Waals surface area contributed by atoms with E-state index in [2.05, 4.69) is 15.3 Å². The first-order chi connectivity index (χ1) is 10.7. The van der Waals surface area contributed by atoms with E-state index in [4.69, 9.17) is 5.73 Å². The third-order valence-corrected chi connectivity index (χ3v) is 4.24. The van der Waals surface area contributed by atoms with Gasteiger partial charge in [0.25, 0.3) is 5.91 Å². The summed E-state index contributed by atoms with van der Waals surface area (Å²) in [6, 6.07) is 9.57. The van der Waals surface area contributed by atoms with Gasteiger partial charge in [0.15, 0.2) is 0 Å². The number of aryl methyl sites for hydroxylation is 1. The van der Waals surface area contributed by atoms with Crippen molar-refractivity contribution in [2.45, 2.75) is 18.9 Å². The fourth-order valence-corrected chi connectivity index (χ4v) is 3.06. The molecular formula is C17H16N4O. The van der Waals surface area contributed by atoms with Gasteiger partial charge in [0.2, 0.25) is 0 Å². The average Bonchev–Trinajstić information content (AvgIpc) is 3.14. The number of aromatic nitrogens is 2. The molecule has 0 spiro atoms. The highest BCUT2D eigenvalue weighted by Gasteiger charge is 2.20. The molecular weight excluding hydrogens is 276 g/mol. The highest BCUT2D eigenvalue weighted by Crippen LogP contribution is 2.30. The molecule has 0 bridgehead atoms. The minimum Gasteiger partial charge on any atom is -0.346 e. The van der Waals surface area contributed by atoms with E-state index >= 15 is 0 Å². The van der Waals surface area contributed by atoms with Crippen LogP contribution >= 0.6 is 0 Å². The van der Waals surface area contributed by atoms with Crippen LogP contribution in [-0.4, -0.2) is 15.9 Å². The smallest absolute Gasteiger partial charge is 0.255 e. The number of pyridine rings is 1. The molecule has 4 rings (SSSR count). The maximum absolute atomic E-state index is 12.5. The van der Waals surface area contributed by atoms with Gasteiger partial charge in [-0.25, -0.2) is 4.98 Å². The van der Waals surface area contributed by atoms with Crippen molar-refractivity contribution in [1.82, 2.24) is 9.97 Å². The molecule has 1 atom stereocenters. The Hall–Kier alpha value is -2.66. The summed E-state index contributed by atoms with van der Waals surface area (Å²) < 4.78 is 0. The number of fused-ring (bicyclic) bond motifs is 2. The Labute approximate surface area is 127 Å². The zero-order valence-corrected chi connectivity index (χ0v) is 12.0. The molecule has 2 aromatic heterocycles. The normalized spacial score (nSPS) is 16.7. The highest BCUT2D eigenvalue weighted by atomic mass is 16.1. The zero-order chi connectivity index (χ0) is 15.1. The van der Waals surface area contributed by atoms with E-state index in [9.17, 15) is 4.79 Å². The lowest BCUT2D eigenvalue weighted by Gasteiger charge is -2.09. The molecule has 22 heavy (non-hydrogen) atoms. The van der Waals surface area contributed by atoms with Crippen molar-refractivity contribution in [3.05, 3.63) is 59.4 Å². The van der Waals surface area contributed by atoms with Gasteiger partial charge in [-0.1, -0.05) is 6.07 Å². The van der Waals surface area contributed by atoms with Crippen molar-refractivity contribution >= 4 is 22.6 Å². The van der Waals surface area contributed by atoms with E-state index in [-0.39, 0.29) is 11.9 Å². The van der Waals surface area contributed by atoms with Gasteiger partial charge in [0.1, 0.15) is 5.65 Å². The van der Waals surface area contributed by atoms with Gasteiger partial charge in [-0.15, -0.1) is 0 Å². The fourth-order valence-electron chi connectivity index (χ4n) is 3.06. The Morgan fingerprint density at radius 3 is 3.14 bits per heavy atom. The first-order valence-electron chi connectivity index (χ1n) is 7.34. The van der Waals surface area contributed by atoms with Gasteiger partial charge in [-0.2, -0.15) is 0 Å². The number of amides is 1. The summed E-state index contributed by atoms with van der Waals surface area (Å²) in [5.41, 5.74) is 10.6. The van der Waals surface area contributed by atoms with Gasteiger partial charge in [0, 0.05) is 29.4 Å². The number of hydrogen-bond donors (Lipinski definition) is 3. The second kappa shape index (κ2) is 4.96. The number of carbonyl (C=O) groups excluding carboxylic acids is 1. The summed E-state index contributed by atoms with van der Waals surface area (Å²) >= 11 is 0. The number of H-pyrrole nitrogens is 1. The Morgan fingerprint density at radius 2 is 2.23 bits per heavy atom. The molecule has 0 aliphatic heterocycles. The standard InChI is InChI=1S/C17H16N4O/c18-14-4-2-10-9-11(1-3-12(10)14)17(22)21-15-6-8-20-16-13(15)5-7-19-16/h1,3,5-9,14H,2,4,18H2,(H2,19,20,21,22)/t14-/m1/s1. The zero-order valence-electron chi connectivity index (χ0n) is 12.0. The molecule has 1 aliphatic carbocycles. The van der Waals surface area contributed by atoms with E-state index in [1.807, 2.05) is 30.5 Å². The molecule has 1 amide bonds. The summed E-state index contributed by atoms with van der Waals surface area (Å²) in [4.78, 5) is 19.7. The number of anilines is 1. The van der Waals surface area contributed by atoms with E-state index in [0.29, 0.717) is 5.56 Å². The lowest BCUT2D eigenvalue weighted by molar-refractivity contribution is 0.102. The number of aromatic amines is 1. The van der Waals surface area contributed by atoms with Crippen LogP contribution in [0.5, 0.6) is 0 Å². The summed E-state index contributed by atoms with van der Waals surface area (Å²) in [5.74, 6) is -0.114. The van der Waals surface area contributed by atoms with Crippen molar-refractivity contribution in [1.29, 1.82) is 0 Å². The molecule has 2 heterocycles. The average molecular weight is 292 g/mol. The number of nitrogens with zero attached hydrogens (tertiary/aromatic N) is 1. The van der Waals surface area contributed by atoms with Crippen LogP contribution in [0.2, 0.25) is 0 Å². The van der Waals surface area contributed by atoms with Crippen molar-refractivity contribution in [2.24, 2.45) is 5.73 Å². The summed E-state index contributed by atoms with van der Waals surface area (Å²) in [5, 5.41) is 3.86. The molecule has 5 nitrogen and oxygen atoms in total. The molecule has 5 heteroatoms. The number of nitrogens with two attached hydrogens (primary N) is 1. The lowest BCUT2D eigenvalue weighted by atomic mass is 10.0. The van der Waals surface area contributed by atoms with Gasteiger partial charge < -0.3 is 16.0 Å². The molecule has 3 aromatic rings. The van der Waals surface area contributed by atoms with Crippen molar-refractivity contribution in [3.8, 4) is 0 Å². The predicted octanol–water partition coefficient (Wildman–Crippen LogP) is 2.76. The van der Waals surface area contributed by atoms with Crippen LogP contribution in [0.15, 0.2) is 42.7 Å². The lowest BCUT2D eigenvalue weighted by Crippen LogP contribution is -2.13. The quantitative estimate of drug-likeness (QED) is 0.679. The Kier molecular flexibility index (Phi) is 2.94. The number of benzene rings is 1. The van der Waals surface area contributed by atoms with Crippen molar-refractivity contribution in [3.63, 3.8) is 0 Å². The van der Waals surface area contributed by atoms with Gasteiger partial charge >= 0.3 is 0 Å². The summed E-state index contributed by atoms with van der Waals surface area (Å²) in [6.07, 6.45) is 5.38. The molecule has 0 unspecified atom stereocenters. The maximum atomic E-state index is 12.5. The predicted molar refractivity (Wildman–Crippen MR) is 85.7 cm³/mol. The van der Waals surface area contributed by atoms with Crippen LogP contribution in [0.1, 0.15) is 33.9 Å². The number of hydrogen-bond acceptors (Lipinski definition) is 3. The molecule has 0 saturated carbocycles. The van der Waals surface area contributed by atoms with Crippen LogP contribution in [0.3, 0.4) is 0 Å². The molecule has 1 aromatic carbocycles. The molecule has 110 valence electrons. The topological polar surface area (TPSA) is 83.8 Å². The second-order valence-electron chi connectivity index (χ2n) is 5.61. The molecule has 0 radical (unpaired) electrons. The van der Waals surface area contributed by atoms with Gasteiger partial charge in [-0.05, 0) is 48.2 Å². The minimum atomic E-state index is -0.114. The van der Waals surface area contributed by atoms with Crippen molar-refractivity contribution < 1.29 is 4.79 Å². The first-order valence-corrected chi connectivity index (χ1v) is 7.34. The molecule has 1 aliphatic rings. The summed E-state index contributed by atoms with van der Waals surface area (Å²) in [7, 11) is 0. The van der Waals surface area contributed by atoms with Crippen LogP contribution < -0.4 is 11.1 Å². The van der Waals surface area contributed by atoms with Gasteiger partial charge in [0.05, 0.1) is 5.69 Å². The summed E-state index contributed by atoms with van der Waals surface area (Å²) in [6.45, 7) is 0. The molecule has 4 N–H and O–H groups in total. The van der Waals surface area contributed by atoms with E-state index < -0.39 is 0 Å². The van der Waals surface area contributed by atoms with E-state index in [1.54, 1.807) is 12.3 Å². The van der Waals surface area contributed by atoms with Crippen LogP contribution in [-0.2, 0) is 6.42 Å². The minimum absolute atomic E-state index is 0.104. The third-order valence-electron chi connectivity index (χ3n) is 4.24. The highest BCUT2D eigenvalue weighted by molar-refractivity contribution is 6.08. The number of nitrogens with one attached hydrogen (secondary N) is 2. The molecule has 0 fully saturated rings. The maximum Gasteiger partial charge on any atom is 0.255 e. The fraction of sp³-hybridized carbons (Fsp3) is 0.176. The Balaban J connectivity index is 1.64. The molecule has 0 saturated heterocycles.